The lowest BCUT2D eigenvalue weighted by Crippen LogP contribution is -2.17. The Hall–Kier alpha value is -4.92. The fourth-order valence-corrected chi connectivity index (χ4v) is 4.06. The van der Waals surface area contributed by atoms with Crippen molar-refractivity contribution in [1.82, 2.24) is 35.1 Å². The van der Waals surface area contributed by atoms with Gasteiger partial charge in [-0.3, -0.25) is 24.8 Å². The van der Waals surface area contributed by atoms with Crippen LogP contribution in [0, 0.1) is 5.92 Å². The van der Waals surface area contributed by atoms with Crippen molar-refractivity contribution in [1.29, 1.82) is 0 Å². The maximum atomic E-state index is 12.1. The average Bonchev–Trinajstić information content (AvgIpc) is 3.53. The van der Waals surface area contributed by atoms with E-state index in [1.165, 1.54) is 0 Å². The number of fused-ring (bicyclic) bond motifs is 2. The molecule has 0 fully saturated rings. The lowest BCUT2D eigenvalue weighted by Gasteiger charge is -2.08. The van der Waals surface area contributed by atoms with Gasteiger partial charge in [-0.1, -0.05) is 32.0 Å². The molecule has 3 N–H and O–H groups in total. The number of rotatable bonds is 5. The minimum atomic E-state index is -0.126. The van der Waals surface area contributed by atoms with Gasteiger partial charge >= 0.3 is 0 Å². The number of nitrogens with one attached hydrogen (secondary N) is 3. The SMILES string of the molecule is CC(C)C(=O)Nc1cncc(-c2cc3c(-c4nc5c(-c6ccccn6)cccc5[nH]4)n[nH]c3cn2)c1. The van der Waals surface area contributed by atoms with Crippen LogP contribution in [0.1, 0.15) is 13.8 Å². The molecule has 0 aliphatic carbocycles. The quantitative estimate of drug-likeness (QED) is 0.315. The summed E-state index contributed by atoms with van der Waals surface area (Å²) in [5, 5.41) is 11.3. The first-order valence-corrected chi connectivity index (χ1v) is 11.6. The number of nitrogens with zero attached hydrogens (tertiary/aromatic N) is 5. The van der Waals surface area contributed by atoms with Crippen LogP contribution in [0.3, 0.4) is 0 Å². The normalized spacial score (nSPS) is 11.4. The number of amides is 1. The molecule has 0 radical (unpaired) electrons. The highest BCUT2D eigenvalue weighted by atomic mass is 16.1. The summed E-state index contributed by atoms with van der Waals surface area (Å²) in [5.41, 5.74) is 7.13. The summed E-state index contributed by atoms with van der Waals surface area (Å²) >= 11 is 0. The number of hydrogen-bond acceptors (Lipinski definition) is 6. The van der Waals surface area contributed by atoms with Crippen LogP contribution in [0.2, 0.25) is 0 Å². The number of carbonyl (C=O) groups is 1. The molecule has 0 spiro atoms. The Morgan fingerprint density at radius 2 is 1.86 bits per heavy atom. The Labute approximate surface area is 206 Å². The maximum Gasteiger partial charge on any atom is 0.226 e. The number of imidazole rings is 1. The summed E-state index contributed by atoms with van der Waals surface area (Å²) in [4.78, 5) is 33.7. The summed E-state index contributed by atoms with van der Waals surface area (Å²) in [6.07, 6.45) is 6.86. The van der Waals surface area contributed by atoms with Crippen molar-refractivity contribution >= 4 is 33.5 Å². The Morgan fingerprint density at radius 1 is 0.944 bits per heavy atom. The number of H-pyrrole nitrogens is 2. The van der Waals surface area contributed by atoms with Gasteiger partial charge in [-0.15, -0.1) is 0 Å². The molecule has 36 heavy (non-hydrogen) atoms. The zero-order valence-electron chi connectivity index (χ0n) is 19.6. The van der Waals surface area contributed by atoms with Gasteiger partial charge in [0.15, 0.2) is 5.82 Å². The lowest BCUT2D eigenvalue weighted by atomic mass is 10.1. The van der Waals surface area contributed by atoms with Gasteiger partial charge in [-0.05, 0) is 30.3 Å². The van der Waals surface area contributed by atoms with E-state index in [1.54, 1.807) is 24.8 Å². The minimum absolute atomic E-state index is 0.0653. The third-order valence-corrected chi connectivity index (χ3v) is 5.95. The van der Waals surface area contributed by atoms with Gasteiger partial charge in [-0.25, -0.2) is 4.98 Å². The van der Waals surface area contributed by atoms with Crippen LogP contribution < -0.4 is 5.32 Å². The molecule has 9 heteroatoms. The van der Waals surface area contributed by atoms with E-state index >= 15 is 0 Å². The van der Waals surface area contributed by atoms with Crippen LogP contribution in [0.5, 0.6) is 0 Å². The zero-order chi connectivity index (χ0) is 24.6. The molecule has 0 saturated heterocycles. The molecule has 0 aliphatic rings. The summed E-state index contributed by atoms with van der Waals surface area (Å²) in [5.74, 6) is 0.455. The fraction of sp³-hybridized carbons (Fsp3) is 0.111. The topological polar surface area (TPSA) is 125 Å². The number of pyridine rings is 3. The molecule has 9 nitrogen and oxygen atoms in total. The van der Waals surface area contributed by atoms with E-state index in [9.17, 15) is 4.79 Å². The maximum absolute atomic E-state index is 12.1. The van der Waals surface area contributed by atoms with E-state index in [0.717, 1.165) is 38.8 Å². The predicted molar refractivity (Wildman–Crippen MR) is 139 cm³/mol. The monoisotopic (exact) mass is 474 g/mol. The van der Waals surface area contributed by atoms with Crippen LogP contribution in [0.15, 0.2) is 73.3 Å². The van der Waals surface area contributed by atoms with Gasteiger partial charge in [0.1, 0.15) is 5.69 Å². The molecule has 1 aromatic carbocycles. The summed E-state index contributed by atoms with van der Waals surface area (Å²) < 4.78 is 0. The highest BCUT2D eigenvalue weighted by Crippen LogP contribution is 2.32. The fourth-order valence-electron chi connectivity index (χ4n) is 4.06. The smallest absolute Gasteiger partial charge is 0.226 e. The summed E-state index contributed by atoms with van der Waals surface area (Å²) in [6.45, 7) is 3.69. The molecule has 0 atom stereocenters. The van der Waals surface area contributed by atoms with Crippen molar-refractivity contribution in [3.63, 3.8) is 0 Å². The molecule has 6 rings (SSSR count). The van der Waals surface area contributed by atoms with Crippen molar-refractivity contribution in [3.8, 4) is 34.0 Å². The first kappa shape index (κ1) is 21.6. The van der Waals surface area contributed by atoms with Crippen molar-refractivity contribution in [2.24, 2.45) is 5.92 Å². The van der Waals surface area contributed by atoms with Crippen LogP contribution in [-0.4, -0.2) is 41.0 Å². The molecule has 0 saturated carbocycles. The standard InChI is InChI=1S/C27H22N8O/c1-15(2)27(36)31-17-10-16(12-28-13-17)22-11-19-23(14-30-22)34-35-25(19)26-32-21-8-5-6-18(24(21)33-26)20-7-3-4-9-29-20/h3-15H,1-2H3,(H,31,36)(H,32,33)(H,34,35). The number of aromatic amines is 2. The van der Waals surface area contributed by atoms with Crippen molar-refractivity contribution in [2.45, 2.75) is 13.8 Å². The van der Waals surface area contributed by atoms with Crippen molar-refractivity contribution in [3.05, 3.63) is 73.3 Å². The number of anilines is 1. The molecule has 0 bridgehead atoms. The average molecular weight is 475 g/mol. The summed E-state index contributed by atoms with van der Waals surface area (Å²) in [7, 11) is 0. The number of carbonyl (C=O) groups excluding carboxylic acids is 1. The first-order valence-electron chi connectivity index (χ1n) is 11.6. The Balaban J connectivity index is 1.41. The number of aromatic nitrogens is 7. The lowest BCUT2D eigenvalue weighted by molar-refractivity contribution is -0.118. The van der Waals surface area contributed by atoms with Gasteiger partial charge in [-0.2, -0.15) is 5.10 Å². The van der Waals surface area contributed by atoms with E-state index in [0.29, 0.717) is 22.9 Å². The molecule has 6 aromatic rings. The van der Waals surface area contributed by atoms with Crippen molar-refractivity contribution in [2.75, 3.05) is 5.32 Å². The third kappa shape index (κ3) is 3.86. The second-order valence-electron chi connectivity index (χ2n) is 8.80. The molecule has 1 amide bonds. The van der Waals surface area contributed by atoms with E-state index < -0.39 is 0 Å². The van der Waals surface area contributed by atoms with Crippen molar-refractivity contribution < 1.29 is 4.79 Å². The first-order chi connectivity index (χ1) is 17.6. The van der Waals surface area contributed by atoms with Crippen LogP contribution >= 0.6 is 0 Å². The highest BCUT2D eigenvalue weighted by Gasteiger charge is 2.17. The van der Waals surface area contributed by atoms with Crippen LogP contribution in [0.25, 0.3) is 56.0 Å². The van der Waals surface area contributed by atoms with E-state index in [-0.39, 0.29) is 11.8 Å². The Morgan fingerprint density at radius 3 is 2.69 bits per heavy atom. The molecule has 5 aromatic heterocycles. The van der Waals surface area contributed by atoms with Gasteiger partial charge < -0.3 is 10.3 Å². The number of benzene rings is 1. The van der Waals surface area contributed by atoms with Gasteiger partial charge in [0.05, 0.1) is 46.0 Å². The molecule has 0 aliphatic heterocycles. The van der Waals surface area contributed by atoms with E-state index in [2.05, 4.69) is 35.5 Å². The molecule has 176 valence electrons. The molecule has 0 unspecified atom stereocenters. The highest BCUT2D eigenvalue weighted by molar-refractivity contribution is 5.97. The molecular formula is C27H22N8O. The van der Waals surface area contributed by atoms with Gasteiger partial charge in [0.2, 0.25) is 5.91 Å². The number of para-hydroxylation sites is 1. The Bertz CT molecular complexity index is 1720. The second kappa shape index (κ2) is 8.70. The van der Waals surface area contributed by atoms with Crippen LogP contribution in [0.4, 0.5) is 5.69 Å². The van der Waals surface area contributed by atoms with E-state index in [1.807, 2.05) is 62.4 Å². The van der Waals surface area contributed by atoms with Gasteiger partial charge in [0, 0.05) is 34.8 Å². The minimum Gasteiger partial charge on any atom is -0.337 e. The largest absolute Gasteiger partial charge is 0.337 e. The molecule has 5 heterocycles. The van der Waals surface area contributed by atoms with Gasteiger partial charge in [0.25, 0.3) is 0 Å². The molecular weight excluding hydrogens is 452 g/mol. The Kier molecular flexibility index (Phi) is 5.22. The predicted octanol–water partition coefficient (Wildman–Crippen LogP) is 5.22. The second-order valence-corrected chi connectivity index (χ2v) is 8.80. The number of hydrogen-bond donors (Lipinski definition) is 3. The van der Waals surface area contributed by atoms with E-state index in [4.69, 9.17) is 4.98 Å². The zero-order valence-corrected chi connectivity index (χ0v) is 19.6. The third-order valence-electron chi connectivity index (χ3n) is 5.95. The summed E-state index contributed by atoms with van der Waals surface area (Å²) in [6, 6.07) is 15.6. The van der Waals surface area contributed by atoms with Crippen LogP contribution in [-0.2, 0) is 4.79 Å².